The van der Waals surface area contributed by atoms with Crippen LogP contribution in [-0.4, -0.2) is 23.6 Å². The number of nitro groups is 1. The molecular formula is C14H16FN3O3. The summed E-state index contributed by atoms with van der Waals surface area (Å²) in [7, 11) is 0. The number of hydrogen-bond donors (Lipinski definition) is 1. The number of nitro benzene ring substituents is 1. The highest BCUT2D eigenvalue weighted by molar-refractivity contribution is 5.37. The van der Waals surface area contributed by atoms with Crippen LogP contribution in [0, 0.1) is 33.2 Å². The fraction of sp³-hybridized carbons (Fsp3) is 0.500. The van der Waals surface area contributed by atoms with E-state index in [-0.39, 0.29) is 24.0 Å². The number of benzene rings is 1. The van der Waals surface area contributed by atoms with E-state index in [1.807, 2.05) is 6.92 Å². The molecule has 0 heterocycles. The lowest BCUT2D eigenvalue weighted by molar-refractivity contribution is -0.385. The topological polar surface area (TPSA) is 88.2 Å². The van der Waals surface area contributed by atoms with Crippen molar-refractivity contribution in [3.05, 3.63) is 34.1 Å². The summed E-state index contributed by atoms with van der Waals surface area (Å²) in [4.78, 5) is 9.88. The molecule has 1 aromatic carbocycles. The Labute approximate surface area is 121 Å². The second-order valence-electron chi connectivity index (χ2n) is 5.05. The predicted octanol–water partition coefficient (Wildman–Crippen LogP) is 2.39. The predicted molar refractivity (Wildman–Crippen MR) is 73.3 cm³/mol. The number of rotatable bonds is 7. The SMILES string of the molecule is CCNC(C#N)(COc1ccc([N+](=O)[O-])cc1F)C1CC1. The standard InChI is InChI=1S/C14H16FN3O3/c1-2-17-14(8-16,10-3-4-10)9-21-13-6-5-11(18(19)20)7-12(13)15/h5-7,10,17H,2-4,9H2,1H3. The summed E-state index contributed by atoms with van der Waals surface area (Å²) in [6.45, 7) is 2.51. The molecule has 1 fully saturated rings. The van der Waals surface area contributed by atoms with E-state index in [2.05, 4.69) is 11.4 Å². The van der Waals surface area contributed by atoms with Crippen molar-refractivity contribution in [3.8, 4) is 11.8 Å². The van der Waals surface area contributed by atoms with E-state index < -0.39 is 16.3 Å². The van der Waals surface area contributed by atoms with E-state index >= 15 is 0 Å². The minimum Gasteiger partial charge on any atom is -0.487 e. The van der Waals surface area contributed by atoms with E-state index in [4.69, 9.17) is 4.74 Å². The molecule has 2 rings (SSSR count). The zero-order chi connectivity index (χ0) is 15.5. The highest BCUT2D eigenvalue weighted by Crippen LogP contribution is 2.40. The minimum absolute atomic E-state index is 0.0107. The third kappa shape index (κ3) is 3.28. The first-order valence-corrected chi connectivity index (χ1v) is 6.75. The molecule has 0 spiro atoms. The van der Waals surface area contributed by atoms with Crippen molar-refractivity contribution >= 4 is 5.69 Å². The third-order valence-corrected chi connectivity index (χ3v) is 3.55. The fourth-order valence-corrected chi connectivity index (χ4v) is 2.28. The summed E-state index contributed by atoms with van der Waals surface area (Å²) in [6, 6.07) is 5.44. The van der Waals surface area contributed by atoms with Crippen LogP contribution in [0.15, 0.2) is 18.2 Å². The average molecular weight is 293 g/mol. The molecule has 112 valence electrons. The van der Waals surface area contributed by atoms with Crippen LogP contribution in [0.4, 0.5) is 10.1 Å². The van der Waals surface area contributed by atoms with Crippen LogP contribution < -0.4 is 10.1 Å². The zero-order valence-corrected chi connectivity index (χ0v) is 11.6. The molecule has 1 atom stereocenters. The van der Waals surface area contributed by atoms with Crippen molar-refractivity contribution < 1.29 is 14.1 Å². The van der Waals surface area contributed by atoms with Crippen molar-refractivity contribution in [2.45, 2.75) is 25.3 Å². The van der Waals surface area contributed by atoms with Gasteiger partial charge in [0.2, 0.25) is 0 Å². The molecule has 6 nitrogen and oxygen atoms in total. The monoisotopic (exact) mass is 293 g/mol. The number of likely N-dealkylation sites (N-methyl/N-ethyl adjacent to an activating group) is 1. The Balaban J connectivity index is 2.11. The van der Waals surface area contributed by atoms with Crippen molar-refractivity contribution in [3.63, 3.8) is 0 Å². The maximum absolute atomic E-state index is 13.8. The molecule has 0 bridgehead atoms. The zero-order valence-electron chi connectivity index (χ0n) is 11.6. The number of nitrogens with one attached hydrogen (secondary N) is 1. The van der Waals surface area contributed by atoms with Crippen LogP contribution in [0.3, 0.4) is 0 Å². The first kappa shape index (κ1) is 15.2. The minimum atomic E-state index is -0.830. The Morgan fingerprint density at radius 3 is 2.81 bits per heavy atom. The lowest BCUT2D eigenvalue weighted by Crippen LogP contribution is -2.50. The molecule has 1 N–H and O–H groups in total. The van der Waals surface area contributed by atoms with Crippen molar-refractivity contribution in [2.75, 3.05) is 13.2 Å². The summed E-state index contributed by atoms with van der Waals surface area (Å²) in [5, 5.41) is 23.1. The van der Waals surface area contributed by atoms with Crippen LogP contribution in [0.1, 0.15) is 19.8 Å². The number of halogens is 1. The van der Waals surface area contributed by atoms with Gasteiger partial charge in [0.15, 0.2) is 11.6 Å². The second-order valence-corrected chi connectivity index (χ2v) is 5.05. The van der Waals surface area contributed by atoms with Gasteiger partial charge >= 0.3 is 0 Å². The van der Waals surface area contributed by atoms with Crippen LogP contribution in [0.25, 0.3) is 0 Å². The molecule has 0 aromatic heterocycles. The largest absolute Gasteiger partial charge is 0.487 e. The van der Waals surface area contributed by atoms with Gasteiger partial charge in [0.25, 0.3) is 5.69 Å². The van der Waals surface area contributed by atoms with Crippen LogP contribution >= 0.6 is 0 Å². The lowest BCUT2D eigenvalue weighted by atomic mass is 9.96. The number of nitriles is 1. The molecule has 1 unspecified atom stereocenters. The van der Waals surface area contributed by atoms with Gasteiger partial charge in [0, 0.05) is 6.07 Å². The smallest absolute Gasteiger partial charge is 0.272 e. The third-order valence-electron chi connectivity index (χ3n) is 3.55. The van der Waals surface area contributed by atoms with E-state index in [9.17, 15) is 19.8 Å². The first-order chi connectivity index (χ1) is 10.0. The van der Waals surface area contributed by atoms with Crippen molar-refractivity contribution in [2.24, 2.45) is 5.92 Å². The van der Waals surface area contributed by atoms with Crippen LogP contribution in [-0.2, 0) is 0 Å². The average Bonchev–Trinajstić information content (AvgIpc) is 3.29. The van der Waals surface area contributed by atoms with E-state index in [1.165, 1.54) is 12.1 Å². The van der Waals surface area contributed by atoms with Gasteiger partial charge in [-0.15, -0.1) is 0 Å². The molecular weight excluding hydrogens is 277 g/mol. The maximum Gasteiger partial charge on any atom is 0.272 e. The van der Waals surface area contributed by atoms with Gasteiger partial charge in [0.05, 0.1) is 17.1 Å². The highest BCUT2D eigenvalue weighted by atomic mass is 19.1. The van der Waals surface area contributed by atoms with E-state index in [0.29, 0.717) is 6.54 Å². The molecule has 0 radical (unpaired) electrons. The molecule has 1 aliphatic carbocycles. The molecule has 1 aromatic rings. The van der Waals surface area contributed by atoms with Crippen LogP contribution in [0.5, 0.6) is 5.75 Å². The second kappa shape index (κ2) is 6.06. The molecule has 0 amide bonds. The Hall–Kier alpha value is -2.20. The Bertz CT molecular complexity index is 583. The Morgan fingerprint density at radius 1 is 1.62 bits per heavy atom. The van der Waals surface area contributed by atoms with E-state index in [1.54, 1.807) is 0 Å². The molecule has 0 aliphatic heterocycles. The summed E-state index contributed by atoms with van der Waals surface area (Å²) < 4.78 is 19.2. The van der Waals surface area contributed by atoms with Gasteiger partial charge in [0.1, 0.15) is 12.1 Å². The Kier molecular flexibility index (Phi) is 4.38. The molecule has 7 heteroatoms. The molecule has 1 aliphatic rings. The number of hydrogen-bond acceptors (Lipinski definition) is 5. The van der Waals surface area contributed by atoms with Crippen molar-refractivity contribution in [1.82, 2.24) is 5.32 Å². The quantitative estimate of drug-likeness (QED) is 0.616. The van der Waals surface area contributed by atoms with Crippen molar-refractivity contribution in [1.29, 1.82) is 5.26 Å². The lowest BCUT2D eigenvalue weighted by Gasteiger charge is -2.27. The van der Waals surface area contributed by atoms with Gasteiger partial charge in [-0.25, -0.2) is 4.39 Å². The molecule has 0 saturated heterocycles. The van der Waals surface area contributed by atoms with Gasteiger partial charge in [-0.2, -0.15) is 5.26 Å². The van der Waals surface area contributed by atoms with Crippen LogP contribution in [0.2, 0.25) is 0 Å². The van der Waals surface area contributed by atoms with Gasteiger partial charge < -0.3 is 4.74 Å². The number of ether oxygens (including phenoxy) is 1. The summed E-state index contributed by atoms with van der Waals surface area (Å²) >= 11 is 0. The van der Waals surface area contributed by atoms with Gasteiger partial charge in [-0.1, -0.05) is 6.92 Å². The Morgan fingerprint density at radius 2 is 2.33 bits per heavy atom. The number of non-ortho nitro benzene ring substituents is 1. The van der Waals surface area contributed by atoms with Gasteiger partial charge in [-0.3, -0.25) is 15.4 Å². The summed E-state index contributed by atoms with van der Waals surface area (Å²) in [6.07, 6.45) is 1.87. The summed E-state index contributed by atoms with van der Waals surface area (Å²) in [5.74, 6) is -0.689. The summed E-state index contributed by atoms with van der Waals surface area (Å²) in [5.41, 5.74) is -1.16. The maximum atomic E-state index is 13.8. The first-order valence-electron chi connectivity index (χ1n) is 6.75. The normalized spacial score (nSPS) is 16.8. The van der Waals surface area contributed by atoms with E-state index in [0.717, 1.165) is 18.9 Å². The molecule has 1 saturated carbocycles. The highest BCUT2D eigenvalue weighted by Gasteiger charge is 2.46. The number of nitrogens with zero attached hydrogens (tertiary/aromatic N) is 2. The molecule has 21 heavy (non-hydrogen) atoms. The van der Waals surface area contributed by atoms with Gasteiger partial charge in [-0.05, 0) is 31.4 Å². The fourth-order valence-electron chi connectivity index (χ4n) is 2.28.